The highest BCUT2D eigenvalue weighted by molar-refractivity contribution is 5.91. The van der Waals surface area contributed by atoms with E-state index in [1.54, 1.807) is 12.1 Å². The van der Waals surface area contributed by atoms with Crippen molar-refractivity contribution in [2.24, 2.45) is 5.73 Å². The Hall–Kier alpha value is -1.42. The molecule has 0 aromatic heterocycles. The Morgan fingerprint density at radius 1 is 1.41 bits per heavy atom. The van der Waals surface area contributed by atoms with Gasteiger partial charge in [-0.25, -0.2) is 4.39 Å². The number of nitrogens with two attached hydrogens (primary N) is 1. The topological polar surface area (TPSA) is 55.1 Å². The zero-order valence-electron chi connectivity index (χ0n) is 9.71. The maximum atomic E-state index is 12.9. The van der Waals surface area contributed by atoms with Crippen molar-refractivity contribution in [1.82, 2.24) is 0 Å². The molecule has 1 aliphatic rings. The number of carbonyl (C=O) groups excluding carboxylic acids is 1. The number of nitrogens with one attached hydrogen (secondary N) is 1. The van der Waals surface area contributed by atoms with E-state index in [1.807, 2.05) is 0 Å². The lowest BCUT2D eigenvalue weighted by Crippen LogP contribution is -2.40. The molecule has 3 N–H and O–H groups in total. The molecule has 1 fully saturated rings. The molecule has 0 atom stereocenters. The Balaban J connectivity index is 1.93. The number of halogens is 1. The number of benzene rings is 1. The normalized spacial score (nSPS) is 18.0. The first-order chi connectivity index (χ1) is 8.07. The standard InChI is InChI=1S/C13H17FN2O/c14-10-4-3-5-11(8-10)16-12(17)9-13(15)6-1-2-7-13/h3-5,8H,1-2,6-7,9,15H2,(H,16,17). The highest BCUT2D eigenvalue weighted by atomic mass is 19.1. The second kappa shape index (κ2) is 4.84. The predicted octanol–water partition coefficient (Wildman–Crippen LogP) is 2.43. The fraction of sp³-hybridized carbons (Fsp3) is 0.462. The van der Waals surface area contributed by atoms with Crippen molar-refractivity contribution in [1.29, 1.82) is 0 Å². The molecule has 2 rings (SSSR count). The molecule has 0 heterocycles. The van der Waals surface area contributed by atoms with E-state index < -0.39 is 0 Å². The van der Waals surface area contributed by atoms with Crippen LogP contribution in [-0.2, 0) is 4.79 Å². The van der Waals surface area contributed by atoms with Crippen molar-refractivity contribution in [2.75, 3.05) is 5.32 Å². The smallest absolute Gasteiger partial charge is 0.226 e. The van der Waals surface area contributed by atoms with Crippen LogP contribution in [0.15, 0.2) is 24.3 Å². The first-order valence-corrected chi connectivity index (χ1v) is 5.92. The molecule has 3 nitrogen and oxygen atoms in total. The van der Waals surface area contributed by atoms with Gasteiger partial charge in [-0.1, -0.05) is 18.9 Å². The lowest BCUT2D eigenvalue weighted by atomic mass is 9.94. The minimum atomic E-state index is -0.364. The van der Waals surface area contributed by atoms with Gasteiger partial charge in [0.1, 0.15) is 5.82 Å². The van der Waals surface area contributed by atoms with Crippen LogP contribution in [0.25, 0.3) is 0 Å². The van der Waals surface area contributed by atoms with Crippen LogP contribution in [0.1, 0.15) is 32.1 Å². The van der Waals surface area contributed by atoms with E-state index in [9.17, 15) is 9.18 Å². The molecule has 0 aliphatic heterocycles. The quantitative estimate of drug-likeness (QED) is 0.846. The van der Waals surface area contributed by atoms with Gasteiger partial charge in [-0.15, -0.1) is 0 Å². The highest BCUT2D eigenvalue weighted by Gasteiger charge is 2.31. The summed E-state index contributed by atoms with van der Waals surface area (Å²) < 4.78 is 12.9. The van der Waals surface area contributed by atoms with Gasteiger partial charge in [0.2, 0.25) is 5.91 Å². The van der Waals surface area contributed by atoms with E-state index in [0.717, 1.165) is 25.7 Å². The molecule has 0 spiro atoms. The van der Waals surface area contributed by atoms with Crippen molar-refractivity contribution in [2.45, 2.75) is 37.6 Å². The van der Waals surface area contributed by atoms with Crippen LogP contribution in [0.2, 0.25) is 0 Å². The summed E-state index contributed by atoms with van der Waals surface area (Å²) in [7, 11) is 0. The van der Waals surface area contributed by atoms with Crippen molar-refractivity contribution in [3.05, 3.63) is 30.1 Å². The van der Waals surface area contributed by atoms with Gasteiger partial charge in [-0.2, -0.15) is 0 Å². The number of hydrogen-bond donors (Lipinski definition) is 2. The fourth-order valence-corrected chi connectivity index (χ4v) is 2.35. The molecular weight excluding hydrogens is 219 g/mol. The van der Waals surface area contributed by atoms with E-state index in [1.165, 1.54) is 12.1 Å². The average molecular weight is 236 g/mol. The number of amides is 1. The van der Waals surface area contributed by atoms with E-state index in [2.05, 4.69) is 5.32 Å². The summed E-state index contributed by atoms with van der Waals surface area (Å²) in [5, 5.41) is 2.68. The molecule has 1 aromatic rings. The molecule has 0 radical (unpaired) electrons. The van der Waals surface area contributed by atoms with Gasteiger partial charge in [0, 0.05) is 17.6 Å². The van der Waals surface area contributed by atoms with Gasteiger partial charge in [0.15, 0.2) is 0 Å². The monoisotopic (exact) mass is 236 g/mol. The molecule has 1 amide bonds. The molecular formula is C13H17FN2O. The predicted molar refractivity (Wildman–Crippen MR) is 65.0 cm³/mol. The number of rotatable bonds is 3. The Morgan fingerprint density at radius 3 is 2.76 bits per heavy atom. The van der Waals surface area contributed by atoms with E-state index >= 15 is 0 Å². The van der Waals surface area contributed by atoms with Crippen molar-refractivity contribution < 1.29 is 9.18 Å². The van der Waals surface area contributed by atoms with Gasteiger partial charge in [-0.05, 0) is 31.0 Å². The van der Waals surface area contributed by atoms with Crippen LogP contribution < -0.4 is 11.1 Å². The molecule has 1 saturated carbocycles. The number of anilines is 1. The molecule has 4 heteroatoms. The van der Waals surface area contributed by atoms with Gasteiger partial charge in [0.05, 0.1) is 0 Å². The Labute approximate surface area is 100 Å². The third kappa shape index (κ3) is 3.27. The van der Waals surface area contributed by atoms with Gasteiger partial charge < -0.3 is 11.1 Å². The van der Waals surface area contributed by atoms with Crippen molar-refractivity contribution >= 4 is 11.6 Å². The molecule has 92 valence electrons. The van der Waals surface area contributed by atoms with Crippen LogP contribution in [0.3, 0.4) is 0 Å². The summed E-state index contributed by atoms with van der Waals surface area (Å²) in [6.07, 6.45) is 4.27. The third-order valence-corrected chi connectivity index (χ3v) is 3.22. The molecule has 0 bridgehead atoms. The van der Waals surface area contributed by atoms with Crippen LogP contribution in [0.5, 0.6) is 0 Å². The highest BCUT2D eigenvalue weighted by Crippen LogP contribution is 2.30. The largest absolute Gasteiger partial charge is 0.326 e. The van der Waals surface area contributed by atoms with Crippen LogP contribution in [0, 0.1) is 5.82 Å². The van der Waals surface area contributed by atoms with Crippen LogP contribution in [0.4, 0.5) is 10.1 Å². The van der Waals surface area contributed by atoms with Crippen molar-refractivity contribution in [3.8, 4) is 0 Å². The van der Waals surface area contributed by atoms with Gasteiger partial charge in [0.25, 0.3) is 0 Å². The summed E-state index contributed by atoms with van der Waals surface area (Å²) in [6.45, 7) is 0. The Morgan fingerprint density at radius 2 is 2.12 bits per heavy atom. The summed E-state index contributed by atoms with van der Waals surface area (Å²) in [4.78, 5) is 11.8. The minimum absolute atomic E-state index is 0.139. The van der Waals surface area contributed by atoms with Crippen LogP contribution in [-0.4, -0.2) is 11.4 Å². The van der Waals surface area contributed by atoms with E-state index in [0.29, 0.717) is 12.1 Å². The van der Waals surface area contributed by atoms with Crippen LogP contribution >= 0.6 is 0 Å². The lowest BCUT2D eigenvalue weighted by molar-refractivity contribution is -0.117. The summed E-state index contributed by atoms with van der Waals surface area (Å²) in [5.41, 5.74) is 6.23. The minimum Gasteiger partial charge on any atom is -0.326 e. The SMILES string of the molecule is NC1(CC(=O)Nc2cccc(F)c2)CCCC1. The Kier molecular flexibility index (Phi) is 3.43. The van der Waals surface area contributed by atoms with Gasteiger partial charge >= 0.3 is 0 Å². The first kappa shape index (κ1) is 12.0. The average Bonchev–Trinajstić information content (AvgIpc) is 2.64. The zero-order chi connectivity index (χ0) is 12.3. The maximum absolute atomic E-state index is 12.9. The van der Waals surface area contributed by atoms with E-state index in [-0.39, 0.29) is 17.3 Å². The van der Waals surface area contributed by atoms with Gasteiger partial charge in [-0.3, -0.25) is 4.79 Å². The summed E-state index contributed by atoms with van der Waals surface area (Å²) >= 11 is 0. The molecule has 1 aromatic carbocycles. The molecule has 17 heavy (non-hydrogen) atoms. The third-order valence-electron chi connectivity index (χ3n) is 3.22. The summed E-state index contributed by atoms with van der Waals surface area (Å²) in [6, 6.07) is 5.88. The number of hydrogen-bond acceptors (Lipinski definition) is 2. The fourth-order valence-electron chi connectivity index (χ4n) is 2.35. The first-order valence-electron chi connectivity index (χ1n) is 5.92. The summed E-state index contributed by atoms with van der Waals surface area (Å²) in [5.74, 6) is -0.494. The second-order valence-electron chi connectivity index (χ2n) is 4.80. The molecule has 0 saturated heterocycles. The second-order valence-corrected chi connectivity index (χ2v) is 4.80. The lowest BCUT2D eigenvalue weighted by Gasteiger charge is -2.22. The zero-order valence-corrected chi connectivity index (χ0v) is 9.71. The Bertz CT molecular complexity index is 414. The molecule has 0 unspecified atom stereocenters. The number of carbonyl (C=O) groups is 1. The maximum Gasteiger partial charge on any atom is 0.226 e. The van der Waals surface area contributed by atoms with Crippen molar-refractivity contribution in [3.63, 3.8) is 0 Å². The molecule has 1 aliphatic carbocycles. The van der Waals surface area contributed by atoms with E-state index in [4.69, 9.17) is 5.73 Å².